The van der Waals surface area contributed by atoms with Gasteiger partial charge in [-0.1, -0.05) is 12.1 Å². The molecule has 0 aliphatic heterocycles. The zero-order valence-electron chi connectivity index (χ0n) is 10.4. The van der Waals surface area contributed by atoms with Gasteiger partial charge in [0.05, 0.1) is 22.8 Å². The first-order chi connectivity index (χ1) is 8.49. The van der Waals surface area contributed by atoms with Crippen LogP contribution in [-0.2, 0) is 6.54 Å². The molecule has 0 fully saturated rings. The third-order valence-corrected chi connectivity index (χ3v) is 4.11. The van der Waals surface area contributed by atoms with Gasteiger partial charge in [0, 0.05) is 11.4 Å². The third-order valence-electron chi connectivity index (χ3n) is 2.96. The Morgan fingerprint density at radius 2 is 1.94 bits per heavy atom. The normalized spacial score (nSPS) is 12.7. The predicted octanol–water partition coefficient (Wildman–Crippen LogP) is 2.58. The average molecular weight is 310 g/mol. The maximum Gasteiger partial charge on any atom is 0.0986 e. The lowest BCUT2D eigenvalue weighted by Gasteiger charge is -2.12. The Labute approximate surface area is 115 Å². The summed E-state index contributed by atoms with van der Waals surface area (Å²) in [5, 5.41) is 14.6. The van der Waals surface area contributed by atoms with Gasteiger partial charge in [-0.15, -0.1) is 0 Å². The zero-order chi connectivity index (χ0) is 13.3. The largest absolute Gasteiger partial charge is 0.399 e. The highest BCUT2D eigenvalue weighted by molar-refractivity contribution is 9.10. The van der Waals surface area contributed by atoms with Crippen LogP contribution in [0.15, 0.2) is 28.7 Å². The van der Waals surface area contributed by atoms with Gasteiger partial charge in [0.15, 0.2) is 0 Å². The van der Waals surface area contributed by atoms with Crippen molar-refractivity contribution >= 4 is 21.6 Å². The molecule has 0 bridgehead atoms. The second-order valence-corrected chi connectivity index (χ2v) is 5.14. The Balaban J connectivity index is 2.18. The molecule has 0 saturated carbocycles. The van der Waals surface area contributed by atoms with Gasteiger partial charge in [0.25, 0.3) is 0 Å². The summed E-state index contributed by atoms with van der Waals surface area (Å²) < 4.78 is 2.80. The summed E-state index contributed by atoms with van der Waals surface area (Å²) in [6, 6.07) is 7.24. The number of aliphatic hydroxyl groups excluding tert-OH is 1. The molecule has 3 N–H and O–H groups in total. The summed E-state index contributed by atoms with van der Waals surface area (Å²) >= 11 is 3.47. The lowest BCUT2D eigenvalue weighted by atomic mass is 10.1. The van der Waals surface area contributed by atoms with Crippen molar-refractivity contribution in [2.45, 2.75) is 26.5 Å². The molecule has 1 aromatic carbocycles. The second-order valence-electron chi connectivity index (χ2n) is 4.35. The highest BCUT2D eigenvalue weighted by atomic mass is 79.9. The number of aryl methyl sites for hydroxylation is 1. The molecule has 1 heterocycles. The number of nitrogen functional groups attached to an aromatic ring is 1. The van der Waals surface area contributed by atoms with Crippen molar-refractivity contribution < 1.29 is 5.11 Å². The van der Waals surface area contributed by atoms with Gasteiger partial charge in [0.1, 0.15) is 0 Å². The molecule has 2 rings (SSSR count). The summed E-state index contributed by atoms with van der Waals surface area (Å²) in [6.07, 6.45) is -0.588. The Kier molecular flexibility index (Phi) is 3.73. The number of hydrogen-bond acceptors (Lipinski definition) is 3. The number of nitrogens with zero attached hydrogens (tertiary/aromatic N) is 2. The fourth-order valence-electron chi connectivity index (χ4n) is 1.84. The number of halogens is 1. The van der Waals surface area contributed by atoms with E-state index >= 15 is 0 Å². The van der Waals surface area contributed by atoms with E-state index < -0.39 is 6.10 Å². The van der Waals surface area contributed by atoms with Crippen molar-refractivity contribution in [1.82, 2.24) is 9.78 Å². The molecule has 1 aromatic heterocycles. The summed E-state index contributed by atoms with van der Waals surface area (Å²) in [7, 11) is 0. The van der Waals surface area contributed by atoms with E-state index in [9.17, 15) is 5.11 Å². The third kappa shape index (κ3) is 2.57. The Morgan fingerprint density at radius 1 is 1.33 bits per heavy atom. The first kappa shape index (κ1) is 13.1. The number of aromatic nitrogens is 2. The predicted molar refractivity (Wildman–Crippen MR) is 75.2 cm³/mol. The van der Waals surface area contributed by atoms with Crippen molar-refractivity contribution in [1.29, 1.82) is 0 Å². The van der Waals surface area contributed by atoms with E-state index in [0.29, 0.717) is 12.2 Å². The molecule has 0 radical (unpaired) electrons. The topological polar surface area (TPSA) is 64.1 Å². The average Bonchev–Trinajstić information content (AvgIpc) is 2.58. The molecule has 4 nitrogen and oxygen atoms in total. The standard InChI is InChI=1S/C13H16BrN3O/c1-8-13(14)9(2)17(16-8)7-12(18)10-3-5-11(15)6-4-10/h3-6,12,18H,7,15H2,1-2H3. The molecule has 0 spiro atoms. The van der Waals surface area contributed by atoms with E-state index in [1.165, 1.54) is 0 Å². The number of aliphatic hydroxyl groups is 1. The van der Waals surface area contributed by atoms with Gasteiger partial charge < -0.3 is 10.8 Å². The maximum absolute atomic E-state index is 10.2. The molecular formula is C13H16BrN3O. The van der Waals surface area contributed by atoms with Gasteiger partial charge in [0.2, 0.25) is 0 Å². The lowest BCUT2D eigenvalue weighted by molar-refractivity contribution is 0.150. The van der Waals surface area contributed by atoms with Gasteiger partial charge in [-0.05, 0) is 47.5 Å². The van der Waals surface area contributed by atoms with Gasteiger partial charge in [-0.25, -0.2) is 0 Å². The van der Waals surface area contributed by atoms with Crippen LogP contribution in [0.2, 0.25) is 0 Å². The monoisotopic (exact) mass is 309 g/mol. The molecule has 96 valence electrons. The SMILES string of the molecule is Cc1nn(CC(O)c2ccc(N)cc2)c(C)c1Br. The Morgan fingerprint density at radius 3 is 2.44 bits per heavy atom. The van der Waals surface area contributed by atoms with E-state index in [-0.39, 0.29) is 0 Å². The number of hydrogen-bond donors (Lipinski definition) is 2. The lowest BCUT2D eigenvalue weighted by Crippen LogP contribution is -2.11. The highest BCUT2D eigenvalue weighted by Gasteiger charge is 2.13. The molecule has 5 heteroatoms. The molecule has 0 aliphatic rings. The number of nitrogens with two attached hydrogens (primary N) is 1. The van der Waals surface area contributed by atoms with Crippen LogP contribution in [0, 0.1) is 13.8 Å². The Bertz CT molecular complexity index is 548. The Hall–Kier alpha value is -1.33. The van der Waals surface area contributed by atoms with Gasteiger partial charge in [-0.2, -0.15) is 5.10 Å². The fourth-order valence-corrected chi connectivity index (χ4v) is 2.12. The molecule has 1 unspecified atom stereocenters. The van der Waals surface area contributed by atoms with E-state index in [0.717, 1.165) is 21.4 Å². The first-order valence-corrected chi connectivity index (χ1v) is 6.51. The van der Waals surface area contributed by atoms with Crippen molar-refractivity contribution in [3.05, 3.63) is 45.7 Å². The highest BCUT2D eigenvalue weighted by Crippen LogP contribution is 2.23. The van der Waals surface area contributed by atoms with Crippen molar-refractivity contribution in [3.8, 4) is 0 Å². The van der Waals surface area contributed by atoms with E-state index in [1.54, 1.807) is 16.8 Å². The molecule has 0 amide bonds. The summed E-state index contributed by atoms with van der Waals surface area (Å²) in [4.78, 5) is 0. The first-order valence-electron chi connectivity index (χ1n) is 5.72. The molecule has 0 saturated heterocycles. The molecule has 1 atom stereocenters. The summed E-state index contributed by atoms with van der Waals surface area (Å²) in [6.45, 7) is 4.34. The van der Waals surface area contributed by atoms with Crippen LogP contribution in [0.1, 0.15) is 23.1 Å². The van der Waals surface area contributed by atoms with Crippen LogP contribution >= 0.6 is 15.9 Å². The minimum atomic E-state index is -0.588. The van der Waals surface area contributed by atoms with Gasteiger partial charge in [-0.3, -0.25) is 4.68 Å². The van der Waals surface area contributed by atoms with Crippen LogP contribution in [0.3, 0.4) is 0 Å². The van der Waals surface area contributed by atoms with Crippen molar-refractivity contribution in [3.63, 3.8) is 0 Å². The summed E-state index contributed by atoms with van der Waals surface area (Å²) in [5.74, 6) is 0. The second kappa shape index (κ2) is 5.12. The van der Waals surface area contributed by atoms with E-state index in [2.05, 4.69) is 21.0 Å². The fraction of sp³-hybridized carbons (Fsp3) is 0.308. The summed E-state index contributed by atoms with van der Waals surface area (Å²) in [5.41, 5.74) is 9.10. The van der Waals surface area contributed by atoms with Crippen LogP contribution in [0.5, 0.6) is 0 Å². The van der Waals surface area contributed by atoms with Crippen LogP contribution in [0.25, 0.3) is 0 Å². The number of anilines is 1. The van der Waals surface area contributed by atoms with Crippen molar-refractivity contribution in [2.24, 2.45) is 0 Å². The van der Waals surface area contributed by atoms with Crippen LogP contribution < -0.4 is 5.73 Å². The van der Waals surface area contributed by atoms with E-state index in [4.69, 9.17) is 5.73 Å². The zero-order valence-corrected chi connectivity index (χ0v) is 12.0. The smallest absolute Gasteiger partial charge is 0.0986 e. The number of benzene rings is 1. The van der Waals surface area contributed by atoms with Crippen LogP contribution in [-0.4, -0.2) is 14.9 Å². The molecular weight excluding hydrogens is 294 g/mol. The van der Waals surface area contributed by atoms with Gasteiger partial charge >= 0.3 is 0 Å². The molecule has 18 heavy (non-hydrogen) atoms. The van der Waals surface area contributed by atoms with E-state index in [1.807, 2.05) is 26.0 Å². The quantitative estimate of drug-likeness (QED) is 0.857. The van der Waals surface area contributed by atoms with Crippen LogP contribution in [0.4, 0.5) is 5.69 Å². The minimum Gasteiger partial charge on any atom is -0.399 e. The molecule has 0 aliphatic carbocycles. The molecule has 2 aromatic rings. The number of rotatable bonds is 3. The maximum atomic E-state index is 10.2. The minimum absolute atomic E-state index is 0.433. The van der Waals surface area contributed by atoms with Crippen molar-refractivity contribution in [2.75, 3.05) is 5.73 Å².